The Bertz CT molecular complexity index is 817. The third-order valence-electron chi connectivity index (χ3n) is 3.53. The largest absolute Gasteiger partial charge is 0.467 e. The first kappa shape index (κ1) is 17.2. The van der Waals surface area contributed by atoms with Gasteiger partial charge in [0.25, 0.3) is 0 Å². The minimum atomic E-state index is -0.277. The first-order chi connectivity index (χ1) is 12.2. The molecule has 1 amide bonds. The van der Waals surface area contributed by atoms with Gasteiger partial charge >= 0.3 is 0 Å². The molecule has 0 radical (unpaired) electrons. The van der Waals surface area contributed by atoms with Crippen LogP contribution in [0.25, 0.3) is 11.4 Å². The Morgan fingerprint density at radius 2 is 2.24 bits per heavy atom. The Kier molecular flexibility index (Phi) is 5.49. The molecule has 0 aliphatic rings. The molecule has 0 spiro atoms. The average molecular weight is 357 g/mol. The van der Waals surface area contributed by atoms with Crippen molar-refractivity contribution in [1.82, 2.24) is 25.1 Å². The summed E-state index contributed by atoms with van der Waals surface area (Å²) in [4.78, 5) is 16.2. The van der Waals surface area contributed by atoms with Gasteiger partial charge in [-0.2, -0.15) is 0 Å². The molecule has 0 bridgehead atoms. The Morgan fingerprint density at radius 3 is 2.92 bits per heavy atom. The molecule has 3 aromatic heterocycles. The van der Waals surface area contributed by atoms with Crippen LogP contribution in [0.15, 0.2) is 52.5 Å². The standard InChI is InChI=1S/C17H19N5O2S/c1-3-19-16(23)12(2)25-17-21-20-15(13-6-4-8-18-10-13)22(17)11-14-7-5-9-24-14/h4-10,12H,3,11H2,1-2H3,(H,19,23)/t12-/m0/s1. The van der Waals surface area contributed by atoms with Crippen LogP contribution >= 0.6 is 11.8 Å². The zero-order chi connectivity index (χ0) is 17.6. The fraction of sp³-hybridized carbons (Fsp3) is 0.294. The van der Waals surface area contributed by atoms with Crippen molar-refractivity contribution in [3.63, 3.8) is 0 Å². The second kappa shape index (κ2) is 7.98. The van der Waals surface area contributed by atoms with Crippen LogP contribution in [0.2, 0.25) is 0 Å². The number of aromatic nitrogens is 4. The van der Waals surface area contributed by atoms with E-state index < -0.39 is 0 Å². The summed E-state index contributed by atoms with van der Waals surface area (Å²) in [7, 11) is 0. The van der Waals surface area contributed by atoms with E-state index in [4.69, 9.17) is 4.42 Å². The predicted molar refractivity (Wildman–Crippen MR) is 95.1 cm³/mol. The number of nitrogens with one attached hydrogen (secondary N) is 1. The summed E-state index contributed by atoms with van der Waals surface area (Å²) in [5.74, 6) is 1.45. The number of amides is 1. The number of carbonyl (C=O) groups excluding carboxylic acids is 1. The molecule has 1 N–H and O–H groups in total. The predicted octanol–water partition coefficient (Wildman–Crippen LogP) is 2.60. The van der Waals surface area contributed by atoms with E-state index in [2.05, 4.69) is 20.5 Å². The number of carbonyl (C=O) groups is 1. The second-order valence-electron chi connectivity index (χ2n) is 5.37. The number of thioether (sulfide) groups is 1. The van der Waals surface area contributed by atoms with Gasteiger partial charge in [-0.25, -0.2) is 0 Å². The number of nitrogens with zero attached hydrogens (tertiary/aromatic N) is 4. The van der Waals surface area contributed by atoms with Gasteiger partial charge in [0.1, 0.15) is 5.76 Å². The molecule has 7 nitrogen and oxygen atoms in total. The fourth-order valence-corrected chi connectivity index (χ4v) is 3.19. The Morgan fingerprint density at radius 1 is 1.36 bits per heavy atom. The van der Waals surface area contributed by atoms with E-state index in [9.17, 15) is 4.79 Å². The Labute approximate surface area is 149 Å². The van der Waals surface area contributed by atoms with Gasteiger partial charge in [-0.15, -0.1) is 10.2 Å². The molecule has 0 aliphatic heterocycles. The van der Waals surface area contributed by atoms with Crippen LogP contribution in [0.3, 0.4) is 0 Å². The summed E-state index contributed by atoms with van der Waals surface area (Å²) in [6.07, 6.45) is 5.08. The number of rotatable bonds is 7. The van der Waals surface area contributed by atoms with Gasteiger partial charge in [0.15, 0.2) is 11.0 Å². The number of hydrogen-bond donors (Lipinski definition) is 1. The van der Waals surface area contributed by atoms with Crippen molar-refractivity contribution in [3.8, 4) is 11.4 Å². The van der Waals surface area contributed by atoms with Crippen molar-refractivity contribution in [2.24, 2.45) is 0 Å². The third-order valence-corrected chi connectivity index (χ3v) is 4.61. The first-order valence-electron chi connectivity index (χ1n) is 7.99. The quantitative estimate of drug-likeness (QED) is 0.654. The van der Waals surface area contributed by atoms with Crippen LogP contribution < -0.4 is 5.32 Å². The third kappa shape index (κ3) is 4.08. The molecule has 0 saturated heterocycles. The molecule has 130 valence electrons. The summed E-state index contributed by atoms with van der Waals surface area (Å²) < 4.78 is 7.40. The van der Waals surface area contributed by atoms with Crippen LogP contribution in [0.5, 0.6) is 0 Å². The lowest BCUT2D eigenvalue weighted by Crippen LogP contribution is -2.30. The van der Waals surface area contributed by atoms with Gasteiger partial charge in [-0.1, -0.05) is 11.8 Å². The van der Waals surface area contributed by atoms with Crippen molar-refractivity contribution in [2.75, 3.05) is 6.54 Å². The van der Waals surface area contributed by atoms with Crippen molar-refractivity contribution in [2.45, 2.75) is 30.8 Å². The lowest BCUT2D eigenvalue weighted by Gasteiger charge is -2.12. The zero-order valence-electron chi connectivity index (χ0n) is 14.0. The van der Waals surface area contributed by atoms with Gasteiger partial charge in [0, 0.05) is 24.5 Å². The highest BCUT2D eigenvalue weighted by molar-refractivity contribution is 8.00. The fourth-order valence-electron chi connectivity index (χ4n) is 2.31. The lowest BCUT2D eigenvalue weighted by atomic mass is 10.2. The molecule has 8 heteroatoms. The average Bonchev–Trinajstić information content (AvgIpc) is 3.27. The number of hydrogen-bond acceptors (Lipinski definition) is 6. The van der Waals surface area contributed by atoms with Crippen molar-refractivity contribution >= 4 is 17.7 Å². The maximum absolute atomic E-state index is 12.0. The minimum Gasteiger partial charge on any atom is -0.467 e. The maximum Gasteiger partial charge on any atom is 0.233 e. The van der Waals surface area contributed by atoms with Crippen molar-refractivity contribution in [3.05, 3.63) is 48.7 Å². The van der Waals surface area contributed by atoms with E-state index in [-0.39, 0.29) is 11.2 Å². The topological polar surface area (TPSA) is 85.8 Å². The Balaban J connectivity index is 1.92. The summed E-state index contributed by atoms with van der Waals surface area (Å²) in [5.41, 5.74) is 0.860. The second-order valence-corrected chi connectivity index (χ2v) is 6.68. The van der Waals surface area contributed by atoms with Crippen LogP contribution in [-0.2, 0) is 11.3 Å². The normalized spacial score (nSPS) is 12.1. The van der Waals surface area contributed by atoms with E-state index in [1.807, 2.05) is 42.7 Å². The molecule has 25 heavy (non-hydrogen) atoms. The van der Waals surface area contributed by atoms with E-state index in [0.717, 1.165) is 11.3 Å². The van der Waals surface area contributed by atoms with Gasteiger partial charge in [0.05, 0.1) is 18.1 Å². The molecule has 0 aromatic carbocycles. The monoisotopic (exact) mass is 357 g/mol. The molecular weight excluding hydrogens is 338 g/mol. The molecular formula is C17H19N5O2S. The molecule has 0 unspecified atom stereocenters. The van der Waals surface area contributed by atoms with E-state index in [0.29, 0.717) is 24.1 Å². The smallest absolute Gasteiger partial charge is 0.233 e. The van der Waals surface area contributed by atoms with Gasteiger partial charge < -0.3 is 9.73 Å². The minimum absolute atomic E-state index is 0.0250. The molecule has 0 saturated carbocycles. The molecule has 3 aromatic rings. The van der Waals surface area contributed by atoms with Crippen LogP contribution in [0.4, 0.5) is 0 Å². The lowest BCUT2D eigenvalue weighted by molar-refractivity contribution is -0.120. The van der Waals surface area contributed by atoms with Gasteiger partial charge in [-0.05, 0) is 38.1 Å². The number of pyridine rings is 1. The van der Waals surface area contributed by atoms with E-state index >= 15 is 0 Å². The SMILES string of the molecule is CCNC(=O)[C@H](C)Sc1nnc(-c2cccnc2)n1Cc1ccco1. The number of furan rings is 1. The molecule has 3 rings (SSSR count). The highest BCUT2D eigenvalue weighted by Crippen LogP contribution is 2.27. The molecule has 1 atom stereocenters. The summed E-state index contributed by atoms with van der Waals surface area (Å²) in [5, 5.41) is 11.8. The highest BCUT2D eigenvalue weighted by atomic mass is 32.2. The highest BCUT2D eigenvalue weighted by Gasteiger charge is 2.21. The summed E-state index contributed by atoms with van der Waals surface area (Å²) in [6.45, 7) is 4.83. The van der Waals surface area contributed by atoms with Crippen LogP contribution in [0.1, 0.15) is 19.6 Å². The van der Waals surface area contributed by atoms with Gasteiger partial charge in [0.2, 0.25) is 5.91 Å². The molecule has 0 aliphatic carbocycles. The molecule has 0 fully saturated rings. The van der Waals surface area contributed by atoms with Crippen LogP contribution in [0, 0.1) is 0 Å². The summed E-state index contributed by atoms with van der Waals surface area (Å²) >= 11 is 1.37. The summed E-state index contributed by atoms with van der Waals surface area (Å²) in [6, 6.07) is 7.52. The first-order valence-corrected chi connectivity index (χ1v) is 8.87. The van der Waals surface area contributed by atoms with Crippen molar-refractivity contribution in [1.29, 1.82) is 0 Å². The van der Waals surface area contributed by atoms with E-state index in [1.54, 1.807) is 18.7 Å². The molecule has 3 heterocycles. The van der Waals surface area contributed by atoms with Crippen LogP contribution in [-0.4, -0.2) is 37.5 Å². The maximum atomic E-state index is 12.0. The van der Waals surface area contributed by atoms with Gasteiger partial charge in [-0.3, -0.25) is 14.3 Å². The van der Waals surface area contributed by atoms with Crippen molar-refractivity contribution < 1.29 is 9.21 Å². The van der Waals surface area contributed by atoms with E-state index in [1.165, 1.54) is 11.8 Å². The zero-order valence-corrected chi connectivity index (χ0v) is 14.9. The Hall–Kier alpha value is -2.61.